The third-order valence-electron chi connectivity index (χ3n) is 3.96. The molecule has 2 N–H and O–H groups in total. The van der Waals surface area contributed by atoms with Crippen LogP contribution in [0, 0.1) is 0 Å². The van der Waals surface area contributed by atoms with E-state index in [0.717, 1.165) is 11.1 Å². The maximum atomic E-state index is 12.3. The molecule has 0 spiro atoms. The highest BCUT2D eigenvalue weighted by Crippen LogP contribution is 2.32. The lowest BCUT2D eigenvalue weighted by atomic mass is 9.90. The van der Waals surface area contributed by atoms with Crippen LogP contribution in [0.1, 0.15) is 12.5 Å². The van der Waals surface area contributed by atoms with Crippen molar-refractivity contribution in [3.05, 3.63) is 48.5 Å². The highest BCUT2D eigenvalue weighted by atomic mass is 19.4. The molecule has 7 nitrogen and oxygen atoms in total. The van der Waals surface area contributed by atoms with Crippen LogP contribution in [0.5, 0.6) is 0 Å². The Labute approximate surface area is 152 Å². The molecule has 2 unspecified atom stereocenters. The number of carbonyl (C=O) groups excluding carboxylic acids is 1. The molecule has 0 bridgehead atoms. The molecule has 3 rings (SSSR count). The Kier molecular flexibility index (Phi) is 4.83. The number of rotatable bonds is 3. The predicted molar refractivity (Wildman–Crippen MR) is 88.3 cm³/mol. The molecule has 1 aromatic carbocycles. The lowest BCUT2D eigenvalue weighted by Crippen LogP contribution is -2.47. The molecule has 10 heteroatoms. The zero-order valence-electron chi connectivity index (χ0n) is 14.1. The minimum absolute atomic E-state index is 0.127. The first-order valence-corrected chi connectivity index (χ1v) is 7.79. The van der Waals surface area contributed by atoms with Crippen molar-refractivity contribution in [3.8, 4) is 11.1 Å². The third kappa shape index (κ3) is 4.05. The van der Waals surface area contributed by atoms with E-state index in [0.29, 0.717) is 5.56 Å². The van der Waals surface area contributed by atoms with Gasteiger partial charge in [-0.2, -0.15) is 13.2 Å². The third-order valence-corrected chi connectivity index (χ3v) is 3.96. The summed E-state index contributed by atoms with van der Waals surface area (Å²) in [5.41, 5.74) is 7.06. The van der Waals surface area contributed by atoms with Gasteiger partial charge in [0.1, 0.15) is 11.9 Å². The molecule has 0 fully saturated rings. The summed E-state index contributed by atoms with van der Waals surface area (Å²) in [4.78, 5) is 23.1. The minimum Gasteiger partial charge on any atom is -0.421 e. The molecule has 0 saturated heterocycles. The number of carbonyl (C=O) groups is 1. The summed E-state index contributed by atoms with van der Waals surface area (Å²) in [5, 5.41) is 0. The van der Waals surface area contributed by atoms with Crippen molar-refractivity contribution in [3.63, 3.8) is 0 Å². The van der Waals surface area contributed by atoms with E-state index < -0.39 is 24.0 Å². The number of aromatic nitrogens is 2. The van der Waals surface area contributed by atoms with Crippen molar-refractivity contribution < 1.29 is 27.4 Å². The van der Waals surface area contributed by atoms with Gasteiger partial charge < -0.3 is 15.2 Å². The molecule has 142 valence electrons. The summed E-state index contributed by atoms with van der Waals surface area (Å²) in [6.07, 6.45) is -2.11. The van der Waals surface area contributed by atoms with E-state index in [4.69, 9.17) is 10.5 Å². The monoisotopic (exact) mass is 380 g/mol. The molecular formula is C17H15F3N4O3. The van der Waals surface area contributed by atoms with Gasteiger partial charge in [-0.3, -0.25) is 4.99 Å². The molecule has 2 aromatic rings. The number of ether oxygens (including phenoxy) is 2. The molecule has 27 heavy (non-hydrogen) atoms. The average molecular weight is 380 g/mol. The van der Waals surface area contributed by atoms with Gasteiger partial charge in [0.15, 0.2) is 5.84 Å². The fourth-order valence-electron chi connectivity index (χ4n) is 2.58. The van der Waals surface area contributed by atoms with Crippen LogP contribution < -0.4 is 5.73 Å². The zero-order chi connectivity index (χ0) is 19.7. The van der Waals surface area contributed by atoms with Crippen LogP contribution in [0.2, 0.25) is 0 Å². The van der Waals surface area contributed by atoms with Gasteiger partial charge >= 0.3 is 12.1 Å². The molecule has 0 amide bonds. The van der Waals surface area contributed by atoms with Crippen molar-refractivity contribution in [1.82, 2.24) is 9.97 Å². The Bertz CT molecular complexity index is 873. The van der Waals surface area contributed by atoms with Crippen molar-refractivity contribution in [2.24, 2.45) is 10.7 Å². The van der Waals surface area contributed by atoms with Crippen LogP contribution >= 0.6 is 0 Å². The molecule has 2 atom stereocenters. The fourth-order valence-corrected chi connectivity index (χ4v) is 2.58. The topological polar surface area (TPSA) is 99.7 Å². The summed E-state index contributed by atoms with van der Waals surface area (Å²) >= 11 is 0. The van der Waals surface area contributed by atoms with E-state index in [1.54, 1.807) is 31.5 Å². The quantitative estimate of drug-likeness (QED) is 0.820. The van der Waals surface area contributed by atoms with E-state index in [2.05, 4.69) is 19.7 Å². The number of nitrogens with zero attached hydrogens (tertiary/aromatic N) is 3. The SMILES string of the molecule is CC1(c2cccc(-c3cncnc3)c2)COC(OC(=O)C(F)(F)F)C(N)=N1. The number of amidine groups is 1. The van der Waals surface area contributed by atoms with Gasteiger partial charge in [-0.05, 0) is 24.1 Å². The summed E-state index contributed by atoms with van der Waals surface area (Å²) in [7, 11) is 0. The zero-order valence-corrected chi connectivity index (χ0v) is 14.1. The van der Waals surface area contributed by atoms with Gasteiger partial charge in [0.05, 0.1) is 6.61 Å². The van der Waals surface area contributed by atoms with Crippen LogP contribution in [0.15, 0.2) is 48.0 Å². The van der Waals surface area contributed by atoms with Crippen LogP contribution in [-0.4, -0.2) is 40.8 Å². The number of aliphatic imine (C=N–C) groups is 1. The van der Waals surface area contributed by atoms with Crippen LogP contribution in [0.4, 0.5) is 13.2 Å². The van der Waals surface area contributed by atoms with E-state index in [1.807, 2.05) is 12.1 Å². The second-order valence-corrected chi connectivity index (χ2v) is 6.06. The Hall–Kier alpha value is -3.01. The van der Waals surface area contributed by atoms with Gasteiger partial charge in [0, 0.05) is 18.0 Å². The van der Waals surface area contributed by atoms with Gasteiger partial charge in [0.25, 0.3) is 6.29 Å². The van der Waals surface area contributed by atoms with Crippen LogP contribution in [0.3, 0.4) is 0 Å². The fraction of sp³-hybridized carbons (Fsp3) is 0.294. The van der Waals surface area contributed by atoms with Gasteiger partial charge in [-0.25, -0.2) is 14.8 Å². The Morgan fingerprint density at radius 2 is 2.00 bits per heavy atom. The second kappa shape index (κ2) is 6.95. The predicted octanol–water partition coefficient (Wildman–Crippen LogP) is 2.18. The molecule has 1 aliphatic rings. The van der Waals surface area contributed by atoms with Crippen molar-refractivity contribution in [1.29, 1.82) is 0 Å². The highest BCUT2D eigenvalue weighted by molar-refractivity contribution is 5.87. The first kappa shape index (κ1) is 18.8. The Balaban J connectivity index is 1.85. The standard InChI is InChI=1S/C17H15F3N4O3/c1-16(8-26-14(13(21)24-16)27-15(25)17(18,19)20)12-4-2-3-10(5-12)11-6-22-9-23-7-11/h2-7,9,14H,8H2,1H3,(H2,21,24). The molecule has 2 heterocycles. The largest absolute Gasteiger partial charge is 0.491 e. The van der Waals surface area contributed by atoms with Crippen molar-refractivity contribution >= 4 is 11.8 Å². The van der Waals surface area contributed by atoms with Gasteiger partial charge in [-0.15, -0.1) is 0 Å². The molecule has 0 aliphatic carbocycles. The first-order chi connectivity index (χ1) is 12.7. The van der Waals surface area contributed by atoms with Gasteiger partial charge in [0.2, 0.25) is 0 Å². The molecule has 0 radical (unpaired) electrons. The summed E-state index contributed by atoms with van der Waals surface area (Å²) in [6.45, 7) is 1.58. The maximum Gasteiger partial charge on any atom is 0.491 e. The average Bonchev–Trinajstić information content (AvgIpc) is 2.64. The Morgan fingerprint density at radius 3 is 2.63 bits per heavy atom. The summed E-state index contributed by atoms with van der Waals surface area (Å²) < 4.78 is 46.5. The first-order valence-electron chi connectivity index (χ1n) is 7.79. The van der Waals surface area contributed by atoms with Gasteiger partial charge in [-0.1, -0.05) is 18.2 Å². The molecule has 1 aliphatic heterocycles. The summed E-state index contributed by atoms with van der Waals surface area (Å²) in [6, 6.07) is 7.27. The lowest BCUT2D eigenvalue weighted by Gasteiger charge is -2.34. The Morgan fingerprint density at radius 1 is 1.30 bits per heavy atom. The number of hydrogen-bond donors (Lipinski definition) is 1. The van der Waals surface area contributed by atoms with E-state index in [-0.39, 0.29) is 12.4 Å². The number of esters is 1. The van der Waals surface area contributed by atoms with Crippen molar-refractivity contribution in [2.45, 2.75) is 24.9 Å². The lowest BCUT2D eigenvalue weighted by molar-refractivity contribution is -0.219. The number of halogens is 3. The molecule has 0 saturated carbocycles. The molecular weight excluding hydrogens is 365 g/mol. The van der Waals surface area contributed by atoms with Crippen LogP contribution in [-0.2, 0) is 19.8 Å². The van der Waals surface area contributed by atoms with Crippen molar-refractivity contribution in [2.75, 3.05) is 6.61 Å². The number of hydrogen-bond acceptors (Lipinski definition) is 7. The number of alkyl halides is 3. The smallest absolute Gasteiger partial charge is 0.421 e. The van der Waals surface area contributed by atoms with E-state index >= 15 is 0 Å². The van der Waals surface area contributed by atoms with Crippen LogP contribution in [0.25, 0.3) is 11.1 Å². The normalized spacial score (nSPS) is 22.8. The van der Waals surface area contributed by atoms with E-state index in [9.17, 15) is 18.0 Å². The maximum absolute atomic E-state index is 12.3. The van der Waals surface area contributed by atoms with E-state index in [1.165, 1.54) is 6.33 Å². The number of nitrogens with two attached hydrogens (primary N) is 1. The molecule has 1 aromatic heterocycles. The minimum atomic E-state index is -5.14. The summed E-state index contributed by atoms with van der Waals surface area (Å²) in [5.74, 6) is -2.74. The highest BCUT2D eigenvalue weighted by Gasteiger charge is 2.44. The second-order valence-electron chi connectivity index (χ2n) is 6.06. The number of benzene rings is 1.